The van der Waals surface area contributed by atoms with Crippen molar-refractivity contribution < 1.29 is 19.0 Å². The van der Waals surface area contributed by atoms with Crippen LogP contribution in [-0.4, -0.2) is 49.3 Å². The summed E-state index contributed by atoms with van der Waals surface area (Å²) < 4.78 is 17.5. The van der Waals surface area contributed by atoms with Gasteiger partial charge in [-0.1, -0.05) is 30.3 Å². The van der Waals surface area contributed by atoms with E-state index in [4.69, 9.17) is 14.2 Å². The standard InChI is InChI=1S/C21H24N2O4/c1-15-11-23(12-16-6-2-3-7-18(16)26-15)13-21(24)22-10-17-14-25-19-8-4-5-9-20(19)27-17/h2-9,15,17H,10-14H2,1H3,(H,22,24). The van der Waals surface area contributed by atoms with Crippen LogP contribution >= 0.6 is 0 Å². The zero-order valence-corrected chi connectivity index (χ0v) is 15.4. The number of carbonyl (C=O) groups excluding carboxylic acids is 1. The van der Waals surface area contributed by atoms with Crippen molar-refractivity contribution >= 4 is 5.91 Å². The Hall–Kier alpha value is -2.73. The van der Waals surface area contributed by atoms with Crippen LogP contribution in [0, 0.1) is 0 Å². The molecule has 0 saturated carbocycles. The highest BCUT2D eigenvalue weighted by Gasteiger charge is 2.24. The molecule has 6 nitrogen and oxygen atoms in total. The fourth-order valence-electron chi connectivity index (χ4n) is 3.44. The van der Waals surface area contributed by atoms with E-state index in [2.05, 4.69) is 10.2 Å². The summed E-state index contributed by atoms with van der Waals surface area (Å²) in [5.74, 6) is 2.35. The number of nitrogens with one attached hydrogen (secondary N) is 1. The number of rotatable bonds is 4. The maximum Gasteiger partial charge on any atom is 0.234 e. The van der Waals surface area contributed by atoms with Gasteiger partial charge in [-0.05, 0) is 25.1 Å². The first-order valence-electron chi connectivity index (χ1n) is 9.29. The Labute approximate surface area is 159 Å². The molecule has 2 aromatic rings. The quantitative estimate of drug-likeness (QED) is 0.897. The van der Waals surface area contributed by atoms with Crippen molar-refractivity contribution in [2.24, 2.45) is 0 Å². The van der Waals surface area contributed by atoms with E-state index in [9.17, 15) is 4.79 Å². The molecule has 0 bridgehead atoms. The molecule has 2 aromatic carbocycles. The molecule has 0 saturated heterocycles. The van der Waals surface area contributed by atoms with E-state index in [1.165, 1.54) is 0 Å². The maximum absolute atomic E-state index is 12.4. The van der Waals surface area contributed by atoms with Crippen LogP contribution < -0.4 is 19.5 Å². The lowest BCUT2D eigenvalue weighted by molar-refractivity contribution is -0.123. The molecule has 2 atom stereocenters. The summed E-state index contributed by atoms with van der Waals surface area (Å²) in [6.07, 6.45) is -0.149. The molecule has 4 rings (SSSR count). The first-order valence-corrected chi connectivity index (χ1v) is 9.29. The molecule has 0 aromatic heterocycles. The Morgan fingerprint density at radius 2 is 1.81 bits per heavy atom. The van der Waals surface area contributed by atoms with Crippen LogP contribution in [-0.2, 0) is 11.3 Å². The molecule has 2 aliphatic rings. The monoisotopic (exact) mass is 368 g/mol. The second-order valence-corrected chi connectivity index (χ2v) is 7.01. The minimum atomic E-state index is -0.184. The SMILES string of the molecule is CC1CN(CC(=O)NCC2COc3ccccc3O2)Cc2ccccc2O1. The highest BCUT2D eigenvalue weighted by molar-refractivity contribution is 5.78. The largest absolute Gasteiger partial charge is 0.489 e. The van der Waals surface area contributed by atoms with Crippen LogP contribution in [0.4, 0.5) is 0 Å². The predicted octanol–water partition coefficient (Wildman–Crippen LogP) is 2.23. The number of amides is 1. The number of nitrogens with zero attached hydrogens (tertiary/aromatic N) is 1. The Morgan fingerprint density at radius 3 is 2.67 bits per heavy atom. The first-order chi connectivity index (χ1) is 13.2. The number of fused-ring (bicyclic) bond motifs is 2. The maximum atomic E-state index is 12.4. The second-order valence-electron chi connectivity index (χ2n) is 7.01. The lowest BCUT2D eigenvalue weighted by Crippen LogP contribution is -2.45. The van der Waals surface area contributed by atoms with Gasteiger partial charge in [-0.25, -0.2) is 0 Å². The minimum absolute atomic E-state index is 0.0240. The van der Waals surface area contributed by atoms with Gasteiger partial charge >= 0.3 is 0 Å². The molecule has 2 heterocycles. The van der Waals surface area contributed by atoms with Gasteiger partial charge in [0.15, 0.2) is 11.5 Å². The molecule has 0 spiro atoms. The predicted molar refractivity (Wildman–Crippen MR) is 101 cm³/mol. The van der Waals surface area contributed by atoms with Gasteiger partial charge in [0.05, 0.1) is 13.1 Å². The van der Waals surface area contributed by atoms with Crippen molar-refractivity contribution in [3.63, 3.8) is 0 Å². The van der Waals surface area contributed by atoms with Crippen LogP contribution in [0.1, 0.15) is 12.5 Å². The van der Waals surface area contributed by atoms with E-state index in [1.807, 2.05) is 55.5 Å². The van der Waals surface area contributed by atoms with Crippen LogP contribution in [0.5, 0.6) is 17.2 Å². The Morgan fingerprint density at radius 1 is 1.07 bits per heavy atom. The molecular weight excluding hydrogens is 344 g/mol. The summed E-state index contributed by atoms with van der Waals surface area (Å²) >= 11 is 0. The van der Waals surface area contributed by atoms with Crippen molar-refractivity contribution in [1.82, 2.24) is 10.2 Å². The van der Waals surface area contributed by atoms with Crippen LogP contribution in [0.3, 0.4) is 0 Å². The van der Waals surface area contributed by atoms with E-state index in [-0.39, 0.29) is 18.1 Å². The third-order valence-electron chi connectivity index (χ3n) is 4.67. The molecule has 0 radical (unpaired) electrons. The number of para-hydroxylation sites is 3. The fourth-order valence-corrected chi connectivity index (χ4v) is 3.44. The number of carbonyl (C=O) groups is 1. The number of hydrogen-bond acceptors (Lipinski definition) is 5. The minimum Gasteiger partial charge on any atom is -0.489 e. The summed E-state index contributed by atoms with van der Waals surface area (Å²) in [4.78, 5) is 14.6. The third-order valence-corrected chi connectivity index (χ3v) is 4.67. The Balaban J connectivity index is 1.30. The summed E-state index contributed by atoms with van der Waals surface area (Å²) in [7, 11) is 0. The van der Waals surface area contributed by atoms with E-state index in [0.29, 0.717) is 32.8 Å². The number of hydrogen-bond donors (Lipinski definition) is 1. The Kier molecular flexibility index (Phi) is 5.16. The van der Waals surface area contributed by atoms with Gasteiger partial charge in [0, 0.05) is 18.7 Å². The van der Waals surface area contributed by atoms with Crippen molar-refractivity contribution in [2.45, 2.75) is 25.7 Å². The summed E-state index contributed by atoms with van der Waals surface area (Å²) in [5, 5.41) is 2.96. The first kappa shape index (κ1) is 17.7. The molecule has 6 heteroatoms. The average Bonchev–Trinajstić information content (AvgIpc) is 2.83. The van der Waals surface area contributed by atoms with Gasteiger partial charge in [-0.3, -0.25) is 9.69 Å². The van der Waals surface area contributed by atoms with Gasteiger partial charge < -0.3 is 19.5 Å². The lowest BCUT2D eigenvalue weighted by atomic mass is 10.2. The van der Waals surface area contributed by atoms with Crippen molar-refractivity contribution in [3.05, 3.63) is 54.1 Å². The van der Waals surface area contributed by atoms with E-state index in [0.717, 1.165) is 22.8 Å². The van der Waals surface area contributed by atoms with E-state index in [1.54, 1.807) is 0 Å². The molecule has 1 N–H and O–H groups in total. The molecule has 27 heavy (non-hydrogen) atoms. The average molecular weight is 368 g/mol. The molecule has 142 valence electrons. The van der Waals surface area contributed by atoms with Crippen molar-refractivity contribution in [1.29, 1.82) is 0 Å². The topological polar surface area (TPSA) is 60.0 Å². The van der Waals surface area contributed by atoms with Gasteiger partial charge in [-0.15, -0.1) is 0 Å². The van der Waals surface area contributed by atoms with Gasteiger partial charge in [0.1, 0.15) is 24.6 Å². The fraction of sp³-hybridized carbons (Fsp3) is 0.381. The summed E-state index contributed by atoms with van der Waals surface area (Å²) in [6, 6.07) is 15.6. The molecule has 1 amide bonds. The normalized spacial score (nSPS) is 21.5. The van der Waals surface area contributed by atoms with Gasteiger partial charge in [-0.2, -0.15) is 0 Å². The molecule has 0 fully saturated rings. The molecule has 2 aliphatic heterocycles. The molecule has 0 aliphatic carbocycles. The third kappa shape index (κ3) is 4.34. The molecular formula is C21H24N2O4. The number of benzene rings is 2. The van der Waals surface area contributed by atoms with Gasteiger partial charge in [0.25, 0.3) is 0 Å². The summed E-state index contributed by atoms with van der Waals surface area (Å²) in [6.45, 7) is 4.61. The van der Waals surface area contributed by atoms with E-state index >= 15 is 0 Å². The van der Waals surface area contributed by atoms with Crippen molar-refractivity contribution in [3.8, 4) is 17.2 Å². The Bertz CT molecular complexity index is 810. The molecule has 2 unspecified atom stereocenters. The summed E-state index contributed by atoms with van der Waals surface area (Å²) in [5.41, 5.74) is 1.11. The smallest absolute Gasteiger partial charge is 0.234 e. The van der Waals surface area contributed by atoms with Crippen molar-refractivity contribution in [2.75, 3.05) is 26.2 Å². The highest BCUT2D eigenvalue weighted by Crippen LogP contribution is 2.30. The van der Waals surface area contributed by atoms with Crippen LogP contribution in [0.25, 0.3) is 0 Å². The lowest BCUT2D eigenvalue weighted by Gasteiger charge is -2.27. The second kappa shape index (κ2) is 7.88. The zero-order valence-electron chi connectivity index (χ0n) is 15.4. The van der Waals surface area contributed by atoms with Gasteiger partial charge in [0.2, 0.25) is 5.91 Å². The van der Waals surface area contributed by atoms with E-state index < -0.39 is 0 Å². The highest BCUT2D eigenvalue weighted by atomic mass is 16.6. The van der Waals surface area contributed by atoms with Crippen LogP contribution in [0.2, 0.25) is 0 Å². The van der Waals surface area contributed by atoms with Crippen LogP contribution in [0.15, 0.2) is 48.5 Å². The number of ether oxygens (including phenoxy) is 3. The zero-order chi connectivity index (χ0) is 18.6.